The van der Waals surface area contributed by atoms with E-state index in [4.69, 9.17) is 24.1 Å². The second kappa shape index (κ2) is 77.1. The number of pyridine rings is 4. The van der Waals surface area contributed by atoms with Gasteiger partial charge in [0.05, 0.1) is 50.9 Å². The van der Waals surface area contributed by atoms with Crippen LogP contribution >= 0.6 is 599 Å². The Bertz CT molecular complexity index is 2270. The topological polar surface area (TPSA) is 149 Å². The second-order valence-electron chi connectivity index (χ2n) is 10.1. The minimum absolute atomic E-state index is 0.000106. The predicted octanol–water partition coefficient (Wildman–Crippen LogP) is 29.9. The van der Waals surface area contributed by atoms with E-state index < -0.39 is 6.67 Å². The quantitative estimate of drug-likeness (QED) is 0.0516. The molecule has 0 atom stereocenters. The van der Waals surface area contributed by atoms with Crippen molar-refractivity contribution in [2.75, 3.05) is 52.9 Å². The summed E-state index contributed by atoms with van der Waals surface area (Å²) in [6.07, 6.45) is 6.69. The predicted molar refractivity (Wildman–Crippen MR) is 666 cm³/mol. The molecular formula is C28H28Br4FI37N4O7-2. The van der Waals surface area contributed by atoms with Crippen LogP contribution in [0.1, 0.15) is 0 Å². The van der Waals surface area contributed by atoms with Crippen LogP contribution in [0.15, 0.2) is 82.6 Å². The van der Waals surface area contributed by atoms with Crippen molar-refractivity contribution in [2.45, 2.75) is 0 Å². The largest absolute Gasteiger partial charge is 0.474 e. The third-order valence-electron chi connectivity index (χ3n) is 5.27. The average Bonchev–Trinajstić information content (AvgIpc) is 3.41. The zero-order chi connectivity index (χ0) is 63.4. The molecule has 498 valence electrons. The molecule has 0 bridgehead atoms. The maximum atomic E-state index is 11.7. The van der Waals surface area contributed by atoms with Crippen molar-refractivity contribution in [3.05, 3.63) is 104 Å². The molecule has 0 aromatic carbocycles. The van der Waals surface area contributed by atoms with Crippen LogP contribution in [-0.4, -0.2) is 78.0 Å². The van der Waals surface area contributed by atoms with Gasteiger partial charge in [-0.05, 0) is 162 Å². The molecule has 0 aliphatic rings. The third kappa shape index (κ3) is 70.9. The Morgan fingerprint density at radius 2 is 0.901 bits per heavy atom. The molecule has 0 saturated heterocycles. The van der Waals surface area contributed by atoms with E-state index in [0.29, 0.717) is 73.6 Å². The molecule has 4 aromatic rings. The number of nitrogens with one attached hydrogen (secondary N) is 2. The summed E-state index contributed by atoms with van der Waals surface area (Å²) < 4.78 is 38.3. The van der Waals surface area contributed by atoms with Gasteiger partial charge in [-0.2, -0.15) is 0 Å². The Morgan fingerprint density at radius 1 is 0.506 bits per heavy atom. The number of alkyl halides is 1. The maximum Gasteiger partial charge on any atom is 0.262 e. The van der Waals surface area contributed by atoms with Crippen LogP contribution in [0.4, 0.5) is 4.39 Å². The van der Waals surface area contributed by atoms with Crippen molar-refractivity contribution in [1.82, 2.24) is 19.9 Å². The van der Waals surface area contributed by atoms with E-state index in [1.54, 1.807) is 43.0 Å². The first-order valence-electron chi connectivity index (χ1n) is 17.3. The monoisotopic (exact) mass is 5560 g/mol. The summed E-state index contributed by atoms with van der Waals surface area (Å²) in [7, 11) is -3.53. The van der Waals surface area contributed by atoms with E-state index in [9.17, 15) is 14.0 Å². The summed E-state index contributed by atoms with van der Waals surface area (Å²) >= 11 is 75.8. The number of rotatable bonds is 22. The van der Waals surface area contributed by atoms with Crippen molar-refractivity contribution < 1.29 is 55.0 Å². The average molecular weight is 5570 g/mol. The number of ether oxygens (including phenoxy) is 4. The first kappa shape index (κ1) is 112. The molecule has 3 N–H and O–H groups in total. The van der Waals surface area contributed by atoms with E-state index in [1.165, 1.54) is 0 Å². The maximum absolute atomic E-state index is 11.7. The van der Waals surface area contributed by atoms with Crippen LogP contribution in [-0.2, 0) is 9.47 Å². The van der Waals surface area contributed by atoms with Crippen LogP contribution in [0, 0.1) is 10.7 Å². The first-order chi connectivity index (χ1) is 37.8. The van der Waals surface area contributed by atoms with E-state index in [2.05, 4.69) is 524 Å². The summed E-state index contributed by atoms with van der Waals surface area (Å²) in [4.78, 5) is 34.4. The van der Waals surface area contributed by atoms with E-state index >= 15 is 0 Å². The van der Waals surface area contributed by atoms with Gasteiger partial charge in [0.25, 0.3) is 11.1 Å². The van der Waals surface area contributed by atoms with Crippen LogP contribution in [0.25, 0.3) is 0 Å². The van der Waals surface area contributed by atoms with Crippen molar-refractivity contribution in [3.8, 4) is 11.8 Å². The molecule has 4 heterocycles. The van der Waals surface area contributed by atoms with E-state index in [1.807, 2.05) is 12.1 Å². The molecule has 4 rings (SSSR count). The Morgan fingerprint density at radius 3 is 1.19 bits per heavy atom. The fourth-order valence-corrected chi connectivity index (χ4v) is 2100. The number of aliphatic hydroxyl groups excluding tert-OH is 1. The van der Waals surface area contributed by atoms with Gasteiger partial charge in [0, 0.05) is 35.5 Å². The number of nitrogens with zero attached hydrogens (tertiary/aromatic N) is 2. The molecule has 53 heteroatoms. The Kier molecular flexibility index (Phi) is 107. The zero-order valence-electron chi connectivity index (χ0n) is 37.0. The Balaban J connectivity index is -0.000000427. The van der Waals surface area contributed by atoms with Crippen molar-refractivity contribution in [3.63, 3.8) is 0 Å². The molecule has 0 unspecified atom stereocenters. The first-order valence-corrected chi connectivity index (χ1v) is 212. The smallest absolute Gasteiger partial charge is 0.262 e. The minimum Gasteiger partial charge on any atom is -0.474 e. The number of aliphatic hydroxyl groups is 1. The fourth-order valence-electron chi connectivity index (χ4n) is 2.72. The molecule has 0 aliphatic carbocycles. The SMILES string of the molecule is FCCOCCOCCOc1ncc(I)cc1Br.II(I)I(I)I(I)I.II(I)I(I)I(I)I(I)I.I[I-]I(I)I(I)I.I[I-]I(I)I(I)I(I)I.O=c1[nH]cc(I)cc1Br.O=c1[nH]cccc1Br.OCCOc1ncc(I)cc1Br. The molecule has 4 aromatic heterocycles. The molecule has 0 radical (unpaired) electrons. The van der Waals surface area contributed by atoms with Crippen molar-refractivity contribution in [1.29, 1.82) is 0 Å². The second-order valence-corrected chi connectivity index (χ2v) is 635. The molecular weight excluding hydrogens is 5540 g/mol. The summed E-state index contributed by atoms with van der Waals surface area (Å²) in [6, 6.07) is 9.04. The zero-order valence-corrected chi connectivity index (χ0v) is 123. The standard InChI is InChI=1S/C11H14BrFINO3.C7H7BrINO2.C5H3BrINO.C5H4BrNO.I10.I9.I8.I7/c12-10-7-9(14)8-15-11(10)18-6-5-17-4-3-16-2-1-13;8-6-3-5(9)4-10-7(6)12-2-1-11;6-4-1-3(7)2-8-5(4)9;6-4-2-1-3-7-5(4)8;1-7(2)9(5)10(6)8(3)4;1-6-8(4)9(5)7(2)3;1-6(2)8(5)7(3)4;1-5-7(4)6(2)3/h7-8H,1-6H2;3-4,11H,1-2H2;1-2H,(H,8,9);1-3H,(H,7,8);;;;/q;;;;;-1;;-1. The van der Waals surface area contributed by atoms with Gasteiger partial charge in [-0.1, -0.05) is 0 Å². The molecule has 0 aliphatic heterocycles. The summed E-state index contributed by atoms with van der Waals surface area (Å²) in [5.41, 5.74) is -0.178. The van der Waals surface area contributed by atoms with Crippen LogP contribution in [0.5, 0.6) is 11.8 Å². The van der Waals surface area contributed by atoms with Gasteiger partial charge >= 0.3 is 494 Å². The summed E-state index contributed by atoms with van der Waals surface area (Å²) in [5.74, 6) is 1.07. The fraction of sp³-hybridized carbons (Fsp3) is 0.286. The van der Waals surface area contributed by atoms with Gasteiger partial charge in [-0.3, -0.25) is 9.59 Å². The van der Waals surface area contributed by atoms with Gasteiger partial charge in [0.15, 0.2) is 0 Å². The van der Waals surface area contributed by atoms with Crippen molar-refractivity contribution >= 4 is 599 Å². The van der Waals surface area contributed by atoms with Gasteiger partial charge in [-0.15, -0.1) is 0 Å². The number of hydrogen-bond acceptors (Lipinski definition) is 9. The van der Waals surface area contributed by atoms with E-state index in [-0.39, 0.29) is 126 Å². The molecule has 11 nitrogen and oxygen atoms in total. The number of halogens is 42. The van der Waals surface area contributed by atoms with Gasteiger partial charge < -0.3 is 34.0 Å². The summed E-state index contributed by atoms with van der Waals surface area (Å²) in [6.45, 7) is 1.62. The molecule has 81 heavy (non-hydrogen) atoms. The molecule has 0 spiro atoms. The van der Waals surface area contributed by atoms with Crippen LogP contribution in [0.3, 0.4) is 0 Å². The van der Waals surface area contributed by atoms with Crippen LogP contribution in [0.2, 0.25) is 0 Å². The number of aromatic amines is 2. The number of H-pyrrole nitrogens is 2. The van der Waals surface area contributed by atoms with Gasteiger partial charge in [0.1, 0.15) is 19.9 Å². The molecule has 0 saturated carbocycles. The molecule has 0 amide bonds. The number of aromatic nitrogens is 4. The number of hydrogen-bond donors (Lipinski definition) is 3. The minimum atomic E-state index is -0.463. The Hall–Kier alpha value is 24.5. The van der Waals surface area contributed by atoms with Crippen LogP contribution < -0.4 is 47.1 Å². The van der Waals surface area contributed by atoms with Gasteiger partial charge in [0.2, 0.25) is 11.8 Å². The summed E-state index contributed by atoms with van der Waals surface area (Å²) in [5, 5.41) is 8.50. The third-order valence-corrected chi connectivity index (χ3v) is 1500. The van der Waals surface area contributed by atoms with Crippen molar-refractivity contribution in [2.24, 2.45) is 0 Å². The van der Waals surface area contributed by atoms with Gasteiger partial charge in [-0.25, -0.2) is 14.4 Å². The van der Waals surface area contributed by atoms with E-state index in [0.717, 1.165) is 19.7 Å². The normalized spacial score (nSPS) is 12.3. The molecule has 0 fully saturated rings. The Labute approximate surface area is 810 Å².